The highest BCUT2D eigenvalue weighted by atomic mass is 32.2. The number of carbonyl (C=O) groups is 1. The zero-order chi connectivity index (χ0) is 13.0. The third-order valence-corrected chi connectivity index (χ3v) is 3.53. The molecule has 96 valence electrons. The lowest BCUT2D eigenvalue weighted by Gasteiger charge is -2.28. The van der Waals surface area contributed by atoms with Crippen molar-refractivity contribution in [2.75, 3.05) is 34.3 Å². The zero-order valence-electron chi connectivity index (χ0n) is 10.1. The molecule has 0 saturated carbocycles. The molecule has 16 heavy (non-hydrogen) atoms. The second kappa shape index (κ2) is 5.60. The van der Waals surface area contributed by atoms with Crippen LogP contribution in [-0.2, 0) is 19.1 Å². The summed E-state index contributed by atoms with van der Waals surface area (Å²) in [6.07, 6.45) is -0.544. The predicted molar refractivity (Wildman–Crippen MR) is 56.9 cm³/mol. The number of rotatable bonds is 7. The Morgan fingerprint density at radius 1 is 1.38 bits per heavy atom. The van der Waals surface area contributed by atoms with Crippen molar-refractivity contribution in [2.24, 2.45) is 0 Å². The van der Waals surface area contributed by atoms with Gasteiger partial charge in [0.05, 0.1) is 34.3 Å². The van der Waals surface area contributed by atoms with Gasteiger partial charge in [0.1, 0.15) is 5.25 Å². The van der Waals surface area contributed by atoms with E-state index in [1.54, 1.807) is 28.1 Å². The molecule has 0 aromatic carbocycles. The summed E-state index contributed by atoms with van der Waals surface area (Å²) in [4.78, 5) is 10.5. The van der Waals surface area contributed by atoms with Crippen LogP contribution in [0.2, 0.25) is 0 Å². The molecule has 0 amide bonds. The van der Waals surface area contributed by atoms with Crippen LogP contribution in [0.15, 0.2) is 0 Å². The molecule has 1 atom stereocenters. The molecule has 7 heteroatoms. The number of quaternary nitrogens is 1. The Morgan fingerprint density at radius 2 is 1.88 bits per heavy atom. The highest BCUT2D eigenvalue weighted by molar-refractivity contribution is 7.87. The molecule has 0 N–H and O–H groups in total. The lowest BCUT2D eigenvalue weighted by molar-refractivity contribution is -0.869. The van der Waals surface area contributed by atoms with Gasteiger partial charge >= 0.3 is 0 Å². The fourth-order valence-electron chi connectivity index (χ4n) is 1.32. The van der Waals surface area contributed by atoms with E-state index in [0.717, 1.165) is 0 Å². The van der Waals surface area contributed by atoms with Gasteiger partial charge in [0.2, 0.25) is 0 Å². The van der Waals surface area contributed by atoms with E-state index in [0.29, 0.717) is 4.48 Å². The van der Waals surface area contributed by atoms with Crippen LogP contribution in [-0.4, -0.2) is 58.4 Å². The third-order valence-electron chi connectivity index (χ3n) is 1.84. The quantitative estimate of drug-likeness (QED) is 0.410. The fourth-order valence-corrected chi connectivity index (χ4v) is 2.81. The van der Waals surface area contributed by atoms with Crippen LogP contribution in [0.1, 0.15) is 13.3 Å². The molecule has 0 saturated heterocycles. The van der Waals surface area contributed by atoms with E-state index in [9.17, 15) is 18.3 Å². The number of nitrogens with zero attached hydrogens (tertiary/aromatic N) is 1. The van der Waals surface area contributed by atoms with E-state index in [1.807, 2.05) is 0 Å². The van der Waals surface area contributed by atoms with Gasteiger partial charge in [-0.2, -0.15) is 8.42 Å². The lowest BCUT2D eigenvalue weighted by atomic mass is 10.3. The number of aliphatic carboxylic acids is 1. The molecule has 0 spiro atoms. The van der Waals surface area contributed by atoms with Gasteiger partial charge in [0.15, 0.2) is 0 Å². The summed E-state index contributed by atoms with van der Waals surface area (Å²) >= 11 is 0. The van der Waals surface area contributed by atoms with E-state index < -0.39 is 27.8 Å². The summed E-state index contributed by atoms with van der Waals surface area (Å²) in [5.41, 5.74) is 0. The number of hydrogen-bond acceptors (Lipinski definition) is 5. The van der Waals surface area contributed by atoms with Crippen molar-refractivity contribution in [3.63, 3.8) is 0 Å². The van der Waals surface area contributed by atoms with Gasteiger partial charge in [0, 0.05) is 12.4 Å². The monoisotopic (exact) mass is 253 g/mol. The first-order chi connectivity index (χ1) is 7.08. The second-order valence-corrected chi connectivity index (χ2v) is 6.46. The van der Waals surface area contributed by atoms with E-state index >= 15 is 0 Å². The summed E-state index contributed by atoms with van der Waals surface area (Å²) in [6, 6.07) is 0. The zero-order valence-corrected chi connectivity index (χ0v) is 10.9. The van der Waals surface area contributed by atoms with Crippen LogP contribution in [0, 0.1) is 0 Å². The Balaban J connectivity index is 4.87. The van der Waals surface area contributed by atoms with Gasteiger partial charge in [-0.25, -0.2) is 0 Å². The topological polar surface area (TPSA) is 83.5 Å². The molecule has 0 aliphatic carbocycles. The van der Waals surface area contributed by atoms with Crippen LogP contribution in [0.3, 0.4) is 0 Å². The molecule has 0 rings (SSSR count). The Hall–Kier alpha value is -0.660. The molecule has 0 aliphatic rings. The third kappa shape index (κ3) is 6.04. The van der Waals surface area contributed by atoms with E-state index in [2.05, 4.69) is 4.18 Å². The molecule has 0 fully saturated rings. The van der Waals surface area contributed by atoms with Crippen LogP contribution >= 0.6 is 0 Å². The Bertz CT molecular complexity index is 330. The van der Waals surface area contributed by atoms with Crippen molar-refractivity contribution in [1.82, 2.24) is 0 Å². The van der Waals surface area contributed by atoms with Crippen molar-refractivity contribution in [3.05, 3.63) is 0 Å². The smallest absolute Gasteiger partial charge is 0.276 e. The summed E-state index contributed by atoms with van der Waals surface area (Å²) < 4.78 is 28.2. The van der Waals surface area contributed by atoms with E-state index in [4.69, 9.17) is 0 Å². The SMILES string of the molecule is CCOS(=O)(=O)C(CC(=O)[O-])C[N+](C)(C)C. The maximum Gasteiger partial charge on any atom is 0.276 e. The summed E-state index contributed by atoms with van der Waals surface area (Å²) in [5.74, 6) is -1.39. The van der Waals surface area contributed by atoms with E-state index in [-0.39, 0.29) is 13.2 Å². The predicted octanol–water partition coefficient (Wildman–Crippen LogP) is -1.43. The molecular weight excluding hydrogens is 234 g/mol. The summed E-state index contributed by atoms with van der Waals surface area (Å²) in [5, 5.41) is 9.44. The Kier molecular flexibility index (Phi) is 5.37. The largest absolute Gasteiger partial charge is 0.550 e. The van der Waals surface area contributed by atoms with Crippen LogP contribution in [0.5, 0.6) is 0 Å². The molecule has 1 unspecified atom stereocenters. The molecule has 0 aromatic rings. The van der Waals surface area contributed by atoms with Gasteiger partial charge in [-0.05, 0) is 6.92 Å². The average Bonchev–Trinajstić information content (AvgIpc) is 1.98. The minimum Gasteiger partial charge on any atom is -0.550 e. The first-order valence-corrected chi connectivity index (χ1v) is 6.44. The number of hydrogen-bond donors (Lipinski definition) is 0. The highest BCUT2D eigenvalue weighted by Gasteiger charge is 2.31. The Morgan fingerprint density at radius 3 is 2.19 bits per heavy atom. The van der Waals surface area contributed by atoms with Crippen molar-refractivity contribution < 1.29 is 27.0 Å². The van der Waals surface area contributed by atoms with Crippen LogP contribution in [0.4, 0.5) is 0 Å². The number of carboxylic acids is 1. The van der Waals surface area contributed by atoms with Gasteiger partial charge in [0.25, 0.3) is 10.1 Å². The van der Waals surface area contributed by atoms with E-state index in [1.165, 1.54) is 0 Å². The second-order valence-electron chi connectivity index (χ2n) is 4.57. The molecule has 0 aliphatic heterocycles. The summed E-state index contributed by atoms with van der Waals surface area (Å²) in [6.45, 7) is 1.71. The Labute approximate surface area is 96.5 Å². The van der Waals surface area contributed by atoms with Crippen molar-refractivity contribution in [1.29, 1.82) is 0 Å². The number of carboxylic acid groups (broad SMARTS) is 1. The average molecular weight is 253 g/mol. The normalized spacial score (nSPS) is 14.8. The van der Waals surface area contributed by atoms with Gasteiger partial charge in [-0.1, -0.05) is 0 Å². The molecule has 0 heterocycles. The minimum absolute atomic E-state index is 0.00300. The van der Waals surface area contributed by atoms with Gasteiger partial charge in [-0.3, -0.25) is 4.18 Å². The lowest BCUT2D eigenvalue weighted by Crippen LogP contribution is -2.46. The van der Waals surface area contributed by atoms with Gasteiger partial charge in [-0.15, -0.1) is 0 Å². The first kappa shape index (κ1) is 15.3. The van der Waals surface area contributed by atoms with Crippen molar-refractivity contribution in [3.8, 4) is 0 Å². The highest BCUT2D eigenvalue weighted by Crippen LogP contribution is 2.12. The van der Waals surface area contributed by atoms with Gasteiger partial charge < -0.3 is 14.4 Å². The standard InChI is InChI=1S/C9H19NO5S/c1-5-15-16(13,14)8(6-9(11)12)7-10(2,3)4/h8H,5-7H2,1-4H3. The van der Waals surface area contributed by atoms with Crippen molar-refractivity contribution >= 4 is 16.1 Å². The number of carbonyl (C=O) groups excluding carboxylic acids is 1. The summed E-state index contributed by atoms with van der Waals surface area (Å²) in [7, 11) is 1.51. The molecule has 6 nitrogen and oxygen atoms in total. The minimum atomic E-state index is -3.84. The first-order valence-electron chi connectivity index (χ1n) is 4.97. The maximum absolute atomic E-state index is 11.6. The van der Waals surface area contributed by atoms with Crippen molar-refractivity contribution in [2.45, 2.75) is 18.6 Å². The molecule has 0 aromatic heterocycles. The van der Waals surface area contributed by atoms with Crippen LogP contribution in [0.25, 0.3) is 0 Å². The molecular formula is C9H19NO5S. The molecule has 0 bridgehead atoms. The molecule has 0 radical (unpaired) electrons. The fraction of sp³-hybridized carbons (Fsp3) is 0.889. The van der Waals surface area contributed by atoms with Crippen LogP contribution < -0.4 is 5.11 Å². The maximum atomic E-state index is 11.6.